The molecule has 0 saturated carbocycles. The molecular weight excluding hydrogens is 601 g/mol. The van der Waals surface area contributed by atoms with E-state index in [1.165, 1.54) is 0 Å². The van der Waals surface area contributed by atoms with Crippen LogP contribution < -0.4 is 20.1 Å². The van der Waals surface area contributed by atoms with Gasteiger partial charge in [0.2, 0.25) is 11.8 Å². The fraction of sp³-hybridized carbons (Fsp3) is 0.515. The van der Waals surface area contributed by atoms with E-state index in [0.29, 0.717) is 31.7 Å². The summed E-state index contributed by atoms with van der Waals surface area (Å²) in [7, 11) is 0. The third-order valence-corrected chi connectivity index (χ3v) is 9.41. The molecule has 2 heterocycles. The summed E-state index contributed by atoms with van der Waals surface area (Å²) in [4.78, 5) is 48.8. The molecule has 238 valence electrons. The number of hydrogen-bond acceptors (Lipinski definition) is 8. The lowest BCUT2D eigenvalue weighted by Crippen LogP contribution is -2.35. The number of amides is 3. The SMILES string of the molecule is Cc1c(C)c(C(CCC(=O)NCC(C)(C)S)C(=O)O)c(C)c2c1OC(C)CC2COc1cccc(CC2SC(=O)NC2=O)c1. The molecule has 4 atom stereocenters. The second-order valence-electron chi connectivity index (χ2n) is 12.5. The molecule has 44 heavy (non-hydrogen) atoms. The number of nitrogens with one attached hydrogen (secondary N) is 2. The molecule has 3 N–H and O–H groups in total. The molecule has 11 heteroatoms. The minimum absolute atomic E-state index is 0.0559. The van der Waals surface area contributed by atoms with Gasteiger partial charge in [0, 0.05) is 29.2 Å². The summed E-state index contributed by atoms with van der Waals surface area (Å²) in [6.45, 7) is 12.4. The van der Waals surface area contributed by atoms with Crippen molar-refractivity contribution in [2.75, 3.05) is 13.2 Å². The molecule has 9 nitrogen and oxygen atoms in total. The maximum Gasteiger partial charge on any atom is 0.311 e. The lowest BCUT2D eigenvalue weighted by atomic mass is 9.78. The zero-order valence-corrected chi connectivity index (χ0v) is 27.8. The van der Waals surface area contributed by atoms with E-state index in [0.717, 1.165) is 50.9 Å². The summed E-state index contributed by atoms with van der Waals surface area (Å²) in [5.74, 6) is -0.937. The number of thioether (sulfide) groups is 1. The van der Waals surface area contributed by atoms with Crippen molar-refractivity contribution in [3.8, 4) is 11.5 Å². The highest BCUT2D eigenvalue weighted by Gasteiger charge is 2.35. The van der Waals surface area contributed by atoms with Crippen molar-refractivity contribution in [1.82, 2.24) is 10.6 Å². The van der Waals surface area contributed by atoms with Crippen LogP contribution in [0, 0.1) is 20.8 Å². The summed E-state index contributed by atoms with van der Waals surface area (Å²) in [5, 5.41) is 14.7. The first-order valence-electron chi connectivity index (χ1n) is 14.9. The Morgan fingerprint density at radius 3 is 2.57 bits per heavy atom. The molecular formula is C33H42N2O7S2. The first kappa shape index (κ1) is 33.7. The van der Waals surface area contributed by atoms with Gasteiger partial charge < -0.3 is 19.9 Å². The zero-order valence-electron chi connectivity index (χ0n) is 26.1. The highest BCUT2D eigenvalue weighted by atomic mass is 32.2. The van der Waals surface area contributed by atoms with Gasteiger partial charge in [-0.2, -0.15) is 12.6 Å². The van der Waals surface area contributed by atoms with Gasteiger partial charge in [0.1, 0.15) is 11.5 Å². The number of imide groups is 1. The van der Waals surface area contributed by atoms with Crippen LogP contribution in [0.4, 0.5) is 4.79 Å². The van der Waals surface area contributed by atoms with Crippen molar-refractivity contribution in [3.63, 3.8) is 0 Å². The number of carboxylic acids is 1. The predicted octanol–water partition coefficient (Wildman–Crippen LogP) is 5.61. The van der Waals surface area contributed by atoms with E-state index in [1.807, 2.05) is 65.8 Å². The molecule has 2 aliphatic rings. The Morgan fingerprint density at radius 1 is 1.20 bits per heavy atom. The molecule has 2 aliphatic heterocycles. The van der Waals surface area contributed by atoms with Gasteiger partial charge in [0.05, 0.1) is 23.9 Å². The summed E-state index contributed by atoms with van der Waals surface area (Å²) in [6.07, 6.45) is 1.30. The summed E-state index contributed by atoms with van der Waals surface area (Å²) < 4.78 is 12.3. The average molecular weight is 643 g/mol. The molecule has 0 radical (unpaired) electrons. The van der Waals surface area contributed by atoms with Crippen molar-refractivity contribution in [2.45, 2.75) is 95.2 Å². The standard InChI is InChI=1S/C33H42N2O7S2/c1-17-12-22(15-41-23-9-7-8-21(13-23)14-25-30(37)35-32(40)44-25)28-20(4)27(18(2)19(3)29(28)42-17)24(31(38)39)10-11-26(36)34-16-33(5,6)43/h7-9,13,17,22,24-25,43H,10-12,14-16H2,1-6H3,(H,34,36)(H,38,39)(H,35,37,40). The molecule has 2 aromatic carbocycles. The monoisotopic (exact) mass is 642 g/mol. The number of carbonyl (C=O) groups excluding carboxylic acids is 3. The predicted molar refractivity (Wildman–Crippen MR) is 174 cm³/mol. The third-order valence-electron chi connectivity index (χ3n) is 8.27. The second-order valence-corrected chi connectivity index (χ2v) is 14.8. The maximum absolute atomic E-state index is 12.6. The van der Waals surface area contributed by atoms with Gasteiger partial charge in [0.15, 0.2) is 0 Å². The van der Waals surface area contributed by atoms with Gasteiger partial charge in [-0.15, -0.1) is 0 Å². The van der Waals surface area contributed by atoms with E-state index in [9.17, 15) is 24.3 Å². The topological polar surface area (TPSA) is 131 Å². The number of aliphatic carboxylic acids is 1. The van der Waals surface area contributed by atoms with Crippen LogP contribution in [0.3, 0.4) is 0 Å². The summed E-state index contributed by atoms with van der Waals surface area (Å²) >= 11 is 5.44. The first-order valence-corrected chi connectivity index (χ1v) is 16.2. The molecule has 2 aromatic rings. The number of thiol groups is 1. The summed E-state index contributed by atoms with van der Waals surface area (Å²) in [5.41, 5.74) is 5.18. The minimum Gasteiger partial charge on any atom is -0.493 e. The normalized spacial score (nSPS) is 20.4. The smallest absolute Gasteiger partial charge is 0.311 e. The number of fused-ring (bicyclic) bond motifs is 1. The number of benzene rings is 2. The Labute approximate surface area is 268 Å². The molecule has 3 amide bonds. The van der Waals surface area contributed by atoms with E-state index >= 15 is 0 Å². The van der Waals surface area contributed by atoms with Crippen LogP contribution in [0.25, 0.3) is 0 Å². The average Bonchev–Trinajstić information content (AvgIpc) is 3.26. The summed E-state index contributed by atoms with van der Waals surface area (Å²) in [6, 6.07) is 7.52. The zero-order chi connectivity index (χ0) is 32.3. The van der Waals surface area contributed by atoms with E-state index in [2.05, 4.69) is 23.3 Å². The van der Waals surface area contributed by atoms with Gasteiger partial charge in [-0.1, -0.05) is 23.9 Å². The van der Waals surface area contributed by atoms with Crippen LogP contribution in [0.1, 0.15) is 85.3 Å². The van der Waals surface area contributed by atoms with Gasteiger partial charge in [-0.05, 0) is 101 Å². The van der Waals surface area contributed by atoms with Gasteiger partial charge in [-0.25, -0.2) is 0 Å². The van der Waals surface area contributed by atoms with Crippen molar-refractivity contribution >= 4 is 47.4 Å². The molecule has 4 unspecified atom stereocenters. The van der Waals surface area contributed by atoms with Gasteiger partial charge >= 0.3 is 5.97 Å². The van der Waals surface area contributed by atoms with Crippen LogP contribution in [0.2, 0.25) is 0 Å². The van der Waals surface area contributed by atoms with Crippen molar-refractivity contribution in [3.05, 3.63) is 57.6 Å². The van der Waals surface area contributed by atoms with Crippen LogP contribution in [0.5, 0.6) is 11.5 Å². The fourth-order valence-electron chi connectivity index (χ4n) is 6.03. The minimum atomic E-state index is -0.969. The largest absolute Gasteiger partial charge is 0.493 e. The number of carbonyl (C=O) groups is 4. The lowest BCUT2D eigenvalue weighted by molar-refractivity contribution is -0.139. The van der Waals surface area contributed by atoms with E-state index in [4.69, 9.17) is 9.47 Å². The molecule has 1 saturated heterocycles. The molecule has 4 rings (SSSR count). The lowest BCUT2D eigenvalue weighted by Gasteiger charge is -2.35. The van der Waals surface area contributed by atoms with Gasteiger partial charge in [-0.3, -0.25) is 24.5 Å². The van der Waals surface area contributed by atoms with Gasteiger partial charge in [0.25, 0.3) is 5.24 Å². The van der Waals surface area contributed by atoms with Crippen LogP contribution in [0.15, 0.2) is 24.3 Å². The first-order chi connectivity index (χ1) is 20.6. The Hall–Kier alpha value is -3.18. The molecule has 0 spiro atoms. The molecule has 0 aromatic heterocycles. The molecule has 1 fully saturated rings. The Morgan fingerprint density at radius 2 is 1.93 bits per heavy atom. The number of carboxylic acid groups (broad SMARTS) is 1. The Bertz CT molecular complexity index is 1450. The Balaban J connectivity index is 1.57. The van der Waals surface area contributed by atoms with Crippen LogP contribution in [-0.2, 0) is 20.8 Å². The van der Waals surface area contributed by atoms with E-state index in [1.54, 1.807) is 0 Å². The number of rotatable bonds is 12. The van der Waals surface area contributed by atoms with Crippen molar-refractivity contribution in [1.29, 1.82) is 0 Å². The van der Waals surface area contributed by atoms with Crippen LogP contribution >= 0.6 is 24.4 Å². The third kappa shape index (κ3) is 8.10. The number of ether oxygens (including phenoxy) is 2. The van der Waals surface area contributed by atoms with E-state index in [-0.39, 0.29) is 46.7 Å². The maximum atomic E-state index is 12.6. The quantitative estimate of drug-likeness (QED) is 0.220. The number of hydrogen-bond donors (Lipinski definition) is 4. The second kappa shape index (κ2) is 13.9. The molecule has 0 bridgehead atoms. The van der Waals surface area contributed by atoms with Crippen molar-refractivity contribution < 1.29 is 33.8 Å². The van der Waals surface area contributed by atoms with Crippen LogP contribution in [-0.4, -0.2) is 57.4 Å². The highest BCUT2D eigenvalue weighted by Crippen LogP contribution is 2.46. The molecule has 0 aliphatic carbocycles. The highest BCUT2D eigenvalue weighted by molar-refractivity contribution is 8.15. The van der Waals surface area contributed by atoms with E-state index < -0.39 is 17.1 Å². The Kier molecular flexibility index (Phi) is 10.6. The fourth-order valence-corrected chi connectivity index (χ4v) is 6.97. The van der Waals surface area contributed by atoms with Crippen molar-refractivity contribution in [2.24, 2.45) is 0 Å².